The molecule has 2 atom stereocenters. The van der Waals surface area contributed by atoms with Crippen molar-refractivity contribution in [3.05, 3.63) is 87.8 Å². The predicted octanol–water partition coefficient (Wildman–Crippen LogP) is 3.27. The third-order valence-electron chi connectivity index (χ3n) is 7.36. The summed E-state index contributed by atoms with van der Waals surface area (Å²) in [4.78, 5) is 44.8. The van der Waals surface area contributed by atoms with E-state index < -0.39 is 0 Å². The molecule has 0 unspecified atom stereocenters. The van der Waals surface area contributed by atoms with E-state index in [1.807, 2.05) is 36.1 Å². The molecule has 0 N–H and O–H groups in total. The van der Waals surface area contributed by atoms with Crippen LogP contribution in [0.25, 0.3) is 0 Å². The largest absolute Gasteiger partial charge is 0.365 e. The van der Waals surface area contributed by atoms with Gasteiger partial charge in [0, 0.05) is 55.6 Å². The van der Waals surface area contributed by atoms with Crippen LogP contribution in [0, 0.1) is 6.92 Å². The number of rotatable bonds is 5. The molecule has 192 valence electrons. The molecule has 3 aromatic rings. The molecule has 0 spiro atoms. The third kappa shape index (κ3) is 5.01. The number of amides is 2. The molecule has 2 aromatic carbocycles. The Kier molecular flexibility index (Phi) is 6.82. The Morgan fingerprint density at radius 1 is 0.973 bits per heavy atom. The van der Waals surface area contributed by atoms with Crippen molar-refractivity contribution in [1.29, 1.82) is 0 Å². The summed E-state index contributed by atoms with van der Waals surface area (Å²) in [6.45, 7) is 8.36. The molecule has 0 radical (unpaired) electrons. The maximum Gasteiger partial charge on any atom is 0.278 e. The van der Waals surface area contributed by atoms with Crippen molar-refractivity contribution in [2.24, 2.45) is 0 Å². The number of benzene rings is 2. The van der Waals surface area contributed by atoms with Gasteiger partial charge >= 0.3 is 0 Å². The van der Waals surface area contributed by atoms with Crippen LogP contribution in [0.5, 0.6) is 0 Å². The minimum Gasteiger partial charge on any atom is -0.365 e. The van der Waals surface area contributed by atoms with Gasteiger partial charge in [0.2, 0.25) is 5.91 Å². The summed E-state index contributed by atoms with van der Waals surface area (Å²) in [5.74, 6) is -0.248. The molecule has 2 aliphatic rings. The molecule has 0 bridgehead atoms. The van der Waals surface area contributed by atoms with Crippen molar-refractivity contribution in [2.45, 2.75) is 52.2 Å². The second kappa shape index (κ2) is 10.2. The van der Waals surface area contributed by atoms with E-state index in [0.29, 0.717) is 13.1 Å². The molecule has 3 heterocycles. The molecule has 37 heavy (non-hydrogen) atoms. The zero-order valence-corrected chi connectivity index (χ0v) is 21.6. The first-order chi connectivity index (χ1) is 17.8. The molecule has 8 heteroatoms. The Morgan fingerprint density at radius 2 is 1.78 bits per heavy atom. The van der Waals surface area contributed by atoms with Crippen molar-refractivity contribution < 1.29 is 9.59 Å². The number of anilines is 2. The van der Waals surface area contributed by atoms with E-state index in [2.05, 4.69) is 48.1 Å². The van der Waals surface area contributed by atoms with E-state index >= 15 is 0 Å². The number of para-hydroxylation sites is 1. The fraction of sp³-hybridized carbons (Fsp3) is 0.379. The van der Waals surface area contributed by atoms with Gasteiger partial charge in [-0.2, -0.15) is 5.10 Å². The highest BCUT2D eigenvalue weighted by molar-refractivity contribution is 6.06. The highest BCUT2D eigenvalue weighted by atomic mass is 16.2. The average Bonchev–Trinajstić information content (AvgIpc) is 3.23. The number of hydrogen-bond acceptors (Lipinski definition) is 5. The lowest BCUT2D eigenvalue weighted by atomic mass is 10.1. The van der Waals surface area contributed by atoms with E-state index in [0.717, 1.165) is 24.2 Å². The van der Waals surface area contributed by atoms with Gasteiger partial charge in [0.1, 0.15) is 5.69 Å². The molecule has 1 fully saturated rings. The topological polar surface area (TPSA) is 78.8 Å². The van der Waals surface area contributed by atoms with Crippen molar-refractivity contribution in [1.82, 2.24) is 14.7 Å². The molecule has 1 aromatic heterocycles. The Morgan fingerprint density at radius 3 is 2.57 bits per heavy atom. The monoisotopic (exact) mass is 499 g/mol. The van der Waals surface area contributed by atoms with E-state index in [1.54, 1.807) is 4.90 Å². The maximum absolute atomic E-state index is 13.3. The maximum atomic E-state index is 13.3. The van der Waals surface area contributed by atoms with Crippen molar-refractivity contribution in [2.75, 3.05) is 29.4 Å². The minimum atomic E-state index is -0.322. The van der Waals surface area contributed by atoms with Crippen LogP contribution in [-0.4, -0.2) is 58.2 Å². The van der Waals surface area contributed by atoms with Crippen LogP contribution in [0.15, 0.2) is 65.5 Å². The van der Waals surface area contributed by atoms with Gasteiger partial charge in [0.25, 0.3) is 11.5 Å². The number of piperazine rings is 1. The predicted molar refractivity (Wildman–Crippen MR) is 144 cm³/mol. The molecule has 2 amide bonds. The van der Waals surface area contributed by atoms with Gasteiger partial charge in [-0.15, -0.1) is 0 Å². The molecule has 8 nitrogen and oxygen atoms in total. The van der Waals surface area contributed by atoms with Crippen molar-refractivity contribution in [3.8, 4) is 0 Å². The lowest BCUT2D eigenvalue weighted by molar-refractivity contribution is -0.132. The molecule has 2 aliphatic heterocycles. The van der Waals surface area contributed by atoms with Gasteiger partial charge in [0.15, 0.2) is 0 Å². The first-order valence-electron chi connectivity index (χ1n) is 12.9. The van der Waals surface area contributed by atoms with E-state index in [9.17, 15) is 14.4 Å². The fourth-order valence-corrected chi connectivity index (χ4v) is 5.46. The van der Waals surface area contributed by atoms with Gasteiger partial charge < -0.3 is 14.7 Å². The molecule has 5 rings (SSSR count). The fourth-order valence-electron chi connectivity index (χ4n) is 5.46. The van der Waals surface area contributed by atoms with Crippen LogP contribution in [0.3, 0.4) is 0 Å². The highest BCUT2D eigenvalue weighted by Crippen LogP contribution is 2.32. The van der Waals surface area contributed by atoms with Crippen molar-refractivity contribution in [3.63, 3.8) is 0 Å². The van der Waals surface area contributed by atoms with E-state index in [-0.39, 0.29) is 48.1 Å². The zero-order valence-electron chi connectivity index (χ0n) is 21.6. The van der Waals surface area contributed by atoms with E-state index in [4.69, 9.17) is 0 Å². The van der Waals surface area contributed by atoms with Crippen LogP contribution in [0.2, 0.25) is 0 Å². The number of aryl methyl sites for hydroxylation is 2. The van der Waals surface area contributed by atoms with Gasteiger partial charge in [-0.05, 0) is 62.6 Å². The summed E-state index contributed by atoms with van der Waals surface area (Å²) in [5, 5.41) is 4.35. The number of carbonyl (C=O) groups is 2. The summed E-state index contributed by atoms with van der Waals surface area (Å²) in [5.41, 5.74) is 4.28. The van der Waals surface area contributed by atoms with Crippen LogP contribution in [-0.2, 0) is 17.8 Å². The zero-order chi connectivity index (χ0) is 26.1. The number of hydrogen-bond donors (Lipinski definition) is 0. The summed E-state index contributed by atoms with van der Waals surface area (Å²) < 4.78 is 1.24. The lowest BCUT2D eigenvalue weighted by Gasteiger charge is -2.41. The molecular formula is C29H33N5O3. The van der Waals surface area contributed by atoms with Crippen LogP contribution >= 0.6 is 0 Å². The second-order valence-electron chi connectivity index (χ2n) is 10.1. The second-order valence-corrected chi connectivity index (χ2v) is 10.1. The van der Waals surface area contributed by atoms with Crippen molar-refractivity contribution >= 4 is 23.2 Å². The molecule has 0 saturated carbocycles. The van der Waals surface area contributed by atoms with E-state index in [1.165, 1.54) is 28.1 Å². The summed E-state index contributed by atoms with van der Waals surface area (Å²) in [7, 11) is 0. The summed E-state index contributed by atoms with van der Waals surface area (Å²) in [6.07, 6.45) is 0.941. The molecular weight excluding hydrogens is 466 g/mol. The lowest BCUT2D eigenvalue weighted by Crippen LogP contribution is -2.54. The standard InChI is InChI=1S/C29H33N5O3/c1-20-7-6-9-24(17-20)32-16-15-31(19-22(32)3)27(35)13-14-33-28(36)12-11-25(30-33)29(37)34-21(2)18-23-8-4-5-10-26(23)34/h4-12,17,21-22H,13-16,18-19H2,1-3H3/t21-,22+/m1/s1. The highest BCUT2D eigenvalue weighted by Gasteiger charge is 2.32. The smallest absolute Gasteiger partial charge is 0.278 e. The van der Waals surface area contributed by atoms with Crippen LogP contribution in [0.4, 0.5) is 11.4 Å². The number of carbonyl (C=O) groups excluding carboxylic acids is 2. The van der Waals surface area contributed by atoms with Crippen LogP contribution in [0.1, 0.15) is 41.9 Å². The van der Waals surface area contributed by atoms with Gasteiger partial charge in [-0.1, -0.05) is 30.3 Å². The Bertz CT molecular complexity index is 1380. The Labute approximate surface area is 217 Å². The molecule has 0 aliphatic carbocycles. The number of fused-ring (bicyclic) bond motifs is 1. The number of nitrogens with zero attached hydrogens (tertiary/aromatic N) is 5. The normalized spacial score (nSPS) is 19.2. The number of aromatic nitrogens is 2. The third-order valence-corrected chi connectivity index (χ3v) is 7.36. The average molecular weight is 500 g/mol. The van der Waals surface area contributed by atoms with Gasteiger partial charge in [-0.25, -0.2) is 4.68 Å². The Balaban J connectivity index is 1.23. The SMILES string of the molecule is Cc1cccc(N2CCN(C(=O)CCn3nc(C(=O)N4c5ccccc5C[C@H]4C)ccc3=O)C[C@@H]2C)c1. The Hall–Kier alpha value is -3.94. The van der Waals surface area contributed by atoms with Crippen LogP contribution < -0.4 is 15.4 Å². The minimum absolute atomic E-state index is 0.00844. The quantitative estimate of drug-likeness (QED) is 0.539. The molecule has 1 saturated heterocycles. The van der Waals surface area contributed by atoms with Gasteiger partial charge in [-0.3, -0.25) is 14.4 Å². The first kappa shape index (κ1) is 24.7. The summed E-state index contributed by atoms with van der Waals surface area (Å²) in [6, 6.07) is 19.3. The first-order valence-corrected chi connectivity index (χ1v) is 12.9. The van der Waals surface area contributed by atoms with Gasteiger partial charge in [0.05, 0.1) is 6.54 Å². The summed E-state index contributed by atoms with van der Waals surface area (Å²) >= 11 is 0.